The fourth-order valence-electron chi connectivity index (χ4n) is 1.69. The number of likely N-dealkylation sites (tertiary alicyclic amines) is 1. The number of unbranched alkanes of at least 4 members (excludes halogenated alkanes) is 2. The molecule has 1 aliphatic rings. The average Bonchev–Trinajstić information content (AvgIpc) is 2.45. The minimum atomic E-state index is -0.443. The first-order valence-electron chi connectivity index (χ1n) is 5.19. The summed E-state index contributed by atoms with van der Waals surface area (Å²) >= 11 is 0. The highest BCUT2D eigenvalue weighted by Crippen LogP contribution is 2.11. The lowest BCUT2D eigenvalue weighted by molar-refractivity contribution is -0.127. The van der Waals surface area contributed by atoms with Gasteiger partial charge in [0.15, 0.2) is 0 Å². The maximum atomic E-state index is 11.2. The topological polar surface area (TPSA) is 49.8 Å². The number of ether oxygens (including phenoxy) is 1. The SMILES string of the molecule is COCCCCCN1CC(O)CC1=O. The predicted molar refractivity (Wildman–Crippen MR) is 52.9 cm³/mol. The Balaban J connectivity index is 2.04. The zero-order valence-electron chi connectivity index (χ0n) is 8.74. The number of aliphatic hydroxyl groups is 1. The van der Waals surface area contributed by atoms with Crippen molar-refractivity contribution in [3.63, 3.8) is 0 Å². The third-order valence-electron chi connectivity index (χ3n) is 2.47. The summed E-state index contributed by atoms with van der Waals surface area (Å²) in [4.78, 5) is 13.0. The summed E-state index contributed by atoms with van der Waals surface area (Å²) < 4.78 is 4.93. The average molecular weight is 201 g/mol. The highest BCUT2D eigenvalue weighted by atomic mass is 16.5. The Hall–Kier alpha value is -0.610. The maximum absolute atomic E-state index is 11.2. The van der Waals surface area contributed by atoms with E-state index in [1.807, 2.05) is 0 Å². The first-order valence-corrected chi connectivity index (χ1v) is 5.19. The van der Waals surface area contributed by atoms with Crippen molar-refractivity contribution < 1.29 is 14.6 Å². The summed E-state index contributed by atoms with van der Waals surface area (Å²) in [7, 11) is 1.69. The van der Waals surface area contributed by atoms with Crippen LogP contribution in [-0.2, 0) is 9.53 Å². The van der Waals surface area contributed by atoms with Crippen LogP contribution in [0.2, 0.25) is 0 Å². The summed E-state index contributed by atoms with van der Waals surface area (Å²) in [6.45, 7) is 2.08. The molecule has 1 atom stereocenters. The van der Waals surface area contributed by atoms with Crippen molar-refractivity contribution in [3.05, 3.63) is 0 Å². The van der Waals surface area contributed by atoms with Crippen molar-refractivity contribution in [2.45, 2.75) is 31.8 Å². The van der Waals surface area contributed by atoms with Gasteiger partial charge in [-0.1, -0.05) is 0 Å². The van der Waals surface area contributed by atoms with Crippen molar-refractivity contribution in [2.75, 3.05) is 26.8 Å². The third kappa shape index (κ3) is 3.64. The van der Waals surface area contributed by atoms with Crippen molar-refractivity contribution in [2.24, 2.45) is 0 Å². The zero-order valence-corrected chi connectivity index (χ0v) is 8.74. The second-order valence-electron chi connectivity index (χ2n) is 3.75. The number of methoxy groups -OCH3 is 1. The number of amides is 1. The number of nitrogens with zero attached hydrogens (tertiary/aromatic N) is 1. The van der Waals surface area contributed by atoms with Crippen molar-refractivity contribution in [1.29, 1.82) is 0 Å². The third-order valence-corrected chi connectivity index (χ3v) is 2.47. The van der Waals surface area contributed by atoms with Gasteiger partial charge in [-0.3, -0.25) is 4.79 Å². The van der Waals surface area contributed by atoms with E-state index in [2.05, 4.69) is 0 Å². The van der Waals surface area contributed by atoms with Crippen LogP contribution in [-0.4, -0.2) is 48.8 Å². The molecule has 1 fully saturated rings. The van der Waals surface area contributed by atoms with E-state index in [1.165, 1.54) is 0 Å². The lowest BCUT2D eigenvalue weighted by Crippen LogP contribution is -2.26. The van der Waals surface area contributed by atoms with Gasteiger partial charge in [0.25, 0.3) is 0 Å². The molecule has 1 unspecified atom stereocenters. The minimum absolute atomic E-state index is 0.0873. The van der Waals surface area contributed by atoms with Crippen LogP contribution in [0.3, 0.4) is 0 Å². The molecule has 1 rings (SSSR count). The first kappa shape index (κ1) is 11.5. The number of β-amino-alcohol motifs (C(OH)–C–C–N with tert-alkyl or cyclic N) is 1. The van der Waals surface area contributed by atoms with Gasteiger partial charge in [0.2, 0.25) is 5.91 Å². The molecule has 4 nitrogen and oxygen atoms in total. The molecule has 0 aromatic rings. The van der Waals surface area contributed by atoms with Gasteiger partial charge in [0, 0.05) is 26.8 Å². The summed E-state index contributed by atoms with van der Waals surface area (Å²) in [6.07, 6.45) is 2.98. The Morgan fingerprint density at radius 1 is 1.50 bits per heavy atom. The molecule has 1 N–H and O–H groups in total. The molecule has 82 valence electrons. The molecule has 1 amide bonds. The number of hydrogen-bond acceptors (Lipinski definition) is 3. The monoisotopic (exact) mass is 201 g/mol. The molecular formula is C10H19NO3. The highest BCUT2D eigenvalue weighted by Gasteiger charge is 2.26. The van der Waals surface area contributed by atoms with E-state index in [4.69, 9.17) is 4.74 Å². The molecule has 0 saturated carbocycles. The number of carbonyl (C=O) groups is 1. The molecule has 0 aromatic heterocycles. The molecule has 4 heteroatoms. The molecule has 0 radical (unpaired) electrons. The van der Waals surface area contributed by atoms with E-state index in [-0.39, 0.29) is 5.91 Å². The molecule has 14 heavy (non-hydrogen) atoms. The quantitative estimate of drug-likeness (QED) is 0.633. The van der Waals surface area contributed by atoms with Crippen LogP contribution in [0, 0.1) is 0 Å². The van der Waals surface area contributed by atoms with Gasteiger partial charge in [0.1, 0.15) is 0 Å². The summed E-state index contributed by atoms with van der Waals surface area (Å²) in [5, 5.41) is 9.23. The van der Waals surface area contributed by atoms with Crippen molar-refractivity contribution >= 4 is 5.91 Å². The zero-order chi connectivity index (χ0) is 10.4. The molecule has 1 heterocycles. The number of rotatable bonds is 6. The Labute approximate surface area is 84.8 Å². The van der Waals surface area contributed by atoms with Crippen LogP contribution >= 0.6 is 0 Å². The predicted octanol–water partition coefficient (Wildman–Crippen LogP) is 0.396. The van der Waals surface area contributed by atoms with E-state index in [9.17, 15) is 9.90 Å². The Morgan fingerprint density at radius 2 is 2.29 bits per heavy atom. The van der Waals surface area contributed by atoms with Crippen molar-refractivity contribution in [1.82, 2.24) is 4.90 Å². The molecule has 0 aromatic carbocycles. The Bertz CT molecular complexity index is 184. The lowest BCUT2D eigenvalue weighted by atomic mass is 10.2. The van der Waals surface area contributed by atoms with Gasteiger partial charge in [-0.15, -0.1) is 0 Å². The maximum Gasteiger partial charge on any atom is 0.225 e. The lowest BCUT2D eigenvalue weighted by Gasteiger charge is -2.14. The number of carbonyl (C=O) groups excluding carboxylic acids is 1. The fraction of sp³-hybridized carbons (Fsp3) is 0.900. The van der Waals surface area contributed by atoms with E-state index in [0.717, 1.165) is 32.4 Å². The van der Waals surface area contributed by atoms with Crippen molar-refractivity contribution in [3.8, 4) is 0 Å². The second kappa shape index (κ2) is 5.98. The van der Waals surface area contributed by atoms with E-state index < -0.39 is 6.10 Å². The van der Waals surface area contributed by atoms with Crippen LogP contribution in [0.4, 0.5) is 0 Å². The number of aliphatic hydroxyl groups excluding tert-OH is 1. The van der Waals surface area contributed by atoms with Crippen LogP contribution in [0.25, 0.3) is 0 Å². The van der Waals surface area contributed by atoms with E-state index in [1.54, 1.807) is 12.0 Å². The van der Waals surface area contributed by atoms with Crippen LogP contribution in [0.15, 0.2) is 0 Å². The van der Waals surface area contributed by atoms with E-state index >= 15 is 0 Å². The van der Waals surface area contributed by atoms with Gasteiger partial charge < -0.3 is 14.7 Å². The van der Waals surface area contributed by atoms with Gasteiger partial charge in [-0.2, -0.15) is 0 Å². The minimum Gasteiger partial charge on any atom is -0.391 e. The fourth-order valence-corrected chi connectivity index (χ4v) is 1.69. The Kier molecular flexibility index (Phi) is 4.90. The van der Waals surface area contributed by atoms with Crippen LogP contribution < -0.4 is 0 Å². The molecule has 1 aliphatic heterocycles. The normalized spacial score (nSPS) is 22.0. The van der Waals surface area contributed by atoms with Crippen LogP contribution in [0.5, 0.6) is 0 Å². The summed E-state index contributed by atoms with van der Waals surface area (Å²) in [5.74, 6) is 0.0873. The first-order chi connectivity index (χ1) is 6.74. The largest absolute Gasteiger partial charge is 0.391 e. The van der Waals surface area contributed by atoms with Gasteiger partial charge in [-0.05, 0) is 19.3 Å². The van der Waals surface area contributed by atoms with E-state index in [0.29, 0.717) is 13.0 Å². The standard InChI is InChI=1S/C10H19NO3/c1-14-6-4-2-3-5-11-8-9(12)7-10(11)13/h9,12H,2-8H2,1H3. The molecule has 0 bridgehead atoms. The molecule has 1 saturated heterocycles. The second-order valence-corrected chi connectivity index (χ2v) is 3.75. The highest BCUT2D eigenvalue weighted by molar-refractivity contribution is 5.78. The molecular weight excluding hydrogens is 182 g/mol. The summed E-state index contributed by atoms with van der Waals surface area (Å²) in [5.41, 5.74) is 0. The van der Waals surface area contributed by atoms with Gasteiger partial charge in [-0.25, -0.2) is 0 Å². The Morgan fingerprint density at radius 3 is 2.86 bits per heavy atom. The van der Waals surface area contributed by atoms with Gasteiger partial charge in [0.05, 0.1) is 12.5 Å². The smallest absolute Gasteiger partial charge is 0.225 e. The summed E-state index contributed by atoms with van der Waals surface area (Å²) in [6, 6.07) is 0. The number of hydrogen-bond donors (Lipinski definition) is 1. The molecule has 0 aliphatic carbocycles. The van der Waals surface area contributed by atoms with Crippen LogP contribution in [0.1, 0.15) is 25.7 Å². The molecule has 0 spiro atoms. The van der Waals surface area contributed by atoms with Gasteiger partial charge >= 0.3 is 0 Å².